The van der Waals surface area contributed by atoms with E-state index >= 15 is 0 Å². The zero-order valence-electron chi connectivity index (χ0n) is 5.05. The fourth-order valence-electron chi connectivity index (χ4n) is 0.701. The molecular formula is C5H9NO2S. The molecule has 1 aliphatic heterocycles. The van der Waals surface area contributed by atoms with Crippen molar-refractivity contribution in [1.82, 2.24) is 5.32 Å². The van der Waals surface area contributed by atoms with Gasteiger partial charge >= 0.3 is 0 Å². The summed E-state index contributed by atoms with van der Waals surface area (Å²) in [7, 11) is -0.762. The van der Waals surface area contributed by atoms with Gasteiger partial charge in [0.25, 0.3) is 0 Å². The predicted octanol–water partition coefficient (Wildman–Crippen LogP) is -0.745. The van der Waals surface area contributed by atoms with Gasteiger partial charge in [-0.05, 0) is 0 Å². The summed E-state index contributed by atoms with van der Waals surface area (Å²) in [4.78, 5) is 10.6. The van der Waals surface area contributed by atoms with Gasteiger partial charge in [0.1, 0.15) is 0 Å². The number of amides is 1. The van der Waals surface area contributed by atoms with E-state index in [2.05, 4.69) is 5.32 Å². The van der Waals surface area contributed by atoms with Gasteiger partial charge in [-0.15, -0.1) is 0 Å². The van der Waals surface area contributed by atoms with Gasteiger partial charge in [-0.25, -0.2) is 0 Å². The molecule has 1 heterocycles. The standard InChI is InChI=1S/C5H9NO2S/c7-5-1-3-9(8)4-2-6-5/h1-4H2,(H,6,7). The Morgan fingerprint density at radius 3 is 3.00 bits per heavy atom. The Balaban J connectivity index is 2.43. The lowest BCUT2D eigenvalue weighted by atomic mass is 10.4. The molecule has 1 unspecified atom stereocenters. The van der Waals surface area contributed by atoms with Gasteiger partial charge in [-0.3, -0.25) is 9.00 Å². The third kappa shape index (κ3) is 2.13. The summed E-state index contributed by atoms with van der Waals surface area (Å²) in [6, 6.07) is 0. The smallest absolute Gasteiger partial charge is 0.220 e. The minimum absolute atomic E-state index is 0.0286. The number of hydrogen-bond acceptors (Lipinski definition) is 2. The molecule has 0 aromatic carbocycles. The number of hydrogen-bond donors (Lipinski definition) is 1. The van der Waals surface area contributed by atoms with Crippen LogP contribution in [0, 0.1) is 0 Å². The SMILES string of the molecule is O=C1CCS(=O)CCN1. The summed E-state index contributed by atoms with van der Waals surface area (Å²) in [5.41, 5.74) is 0. The fraction of sp³-hybridized carbons (Fsp3) is 0.800. The van der Waals surface area contributed by atoms with Crippen LogP contribution in [-0.4, -0.2) is 28.2 Å². The van der Waals surface area contributed by atoms with Crippen molar-refractivity contribution in [3.63, 3.8) is 0 Å². The topological polar surface area (TPSA) is 46.2 Å². The van der Waals surface area contributed by atoms with Crippen LogP contribution in [0.15, 0.2) is 0 Å². The molecule has 9 heavy (non-hydrogen) atoms. The Kier molecular flexibility index (Phi) is 2.22. The van der Waals surface area contributed by atoms with E-state index in [1.54, 1.807) is 0 Å². The molecule has 0 bridgehead atoms. The van der Waals surface area contributed by atoms with Crippen molar-refractivity contribution in [3.8, 4) is 0 Å². The van der Waals surface area contributed by atoms with Crippen LogP contribution in [0.4, 0.5) is 0 Å². The van der Waals surface area contributed by atoms with Crippen LogP contribution in [0.2, 0.25) is 0 Å². The van der Waals surface area contributed by atoms with Gasteiger partial charge in [0.2, 0.25) is 5.91 Å². The molecule has 0 radical (unpaired) electrons. The van der Waals surface area contributed by atoms with Crippen LogP contribution >= 0.6 is 0 Å². The highest BCUT2D eigenvalue weighted by molar-refractivity contribution is 7.85. The molecule has 1 aliphatic rings. The first-order chi connectivity index (χ1) is 4.29. The van der Waals surface area contributed by atoms with Crippen LogP contribution in [0.5, 0.6) is 0 Å². The van der Waals surface area contributed by atoms with Gasteiger partial charge in [-0.2, -0.15) is 0 Å². The molecular weight excluding hydrogens is 138 g/mol. The molecule has 1 fully saturated rings. The van der Waals surface area contributed by atoms with Crippen molar-refractivity contribution in [2.45, 2.75) is 6.42 Å². The highest BCUT2D eigenvalue weighted by atomic mass is 32.2. The minimum Gasteiger partial charge on any atom is -0.355 e. The maximum Gasteiger partial charge on any atom is 0.220 e. The predicted molar refractivity (Wildman–Crippen MR) is 35.5 cm³/mol. The largest absolute Gasteiger partial charge is 0.355 e. The van der Waals surface area contributed by atoms with Crippen molar-refractivity contribution in [2.24, 2.45) is 0 Å². The summed E-state index contributed by atoms with van der Waals surface area (Å²) < 4.78 is 10.7. The van der Waals surface area contributed by atoms with Crippen LogP contribution < -0.4 is 5.32 Å². The first-order valence-corrected chi connectivity index (χ1v) is 4.39. The van der Waals surface area contributed by atoms with Crippen molar-refractivity contribution >= 4 is 16.7 Å². The molecule has 4 heteroatoms. The molecule has 1 N–H and O–H groups in total. The summed E-state index contributed by atoms with van der Waals surface area (Å²) in [6.07, 6.45) is 0.423. The van der Waals surface area contributed by atoms with Crippen molar-refractivity contribution in [2.75, 3.05) is 18.1 Å². The van der Waals surface area contributed by atoms with E-state index in [-0.39, 0.29) is 5.91 Å². The maximum atomic E-state index is 10.7. The first-order valence-electron chi connectivity index (χ1n) is 2.91. The van der Waals surface area contributed by atoms with E-state index in [0.717, 1.165) is 0 Å². The lowest BCUT2D eigenvalue weighted by molar-refractivity contribution is -0.120. The number of nitrogens with one attached hydrogen (secondary N) is 1. The van der Waals surface area contributed by atoms with Crippen molar-refractivity contribution in [3.05, 3.63) is 0 Å². The maximum absolute atomic E-state index is 10.7. The summed E-state index contributed by atoms with van der Waals surface area (Å²) in [5.74, 6) is 1.18. The average molecular weight is 147 g/mol. The van der Waals surface area contributed by atoms with Gasteiger partial charge < -0.3 is 5.32 Å². The Hall–Kier alpha value is -0.380. The molecule has 0 aromatic heterocycles. The Labute approximate surface area is 56.3 Å². The number of carbonyl (C=O) groups excluding carboxylic acids is 1. The second-order valence-corrected chi connectivity index (χ2v) is 3.64. The normalized spacial score (nSPS) is 28.9. The van der Waals surface area contributed by atoms with E-state index in [9.17, 15) is 9.00 Å². The van der Waals surface area contributed by atoms with Crippen LogP contribution in [0.25, 0.3) is 0 Å². The van der Waals surface area contributed by atoms with Crippen LogP contribution in [0.1, 0.15) is 6.42 Å². The zero-order chi connectivity index (χ0) is 6.69. The molecule has 1 amide bonds. The first kappa shape index (κ1) is 6.74. The molecule has 0 aliphatic carbocycles. The summed E-state index contributed by atoms with van der Waals surface area (Å²) >= 11 is 0. The Morgan fingerprint density at radius 2 is 2.22 bits per heavy atom. The van der Waals surface area contributed by atoms with Gasteiger partial charge in [-0.1, -0.05) is 0 Å². The zero-order valence-corrected chi connectivity index (χ0v) is 5.87. The van der Waals surface area contributed by atoms with Gasteiger partial charge in [0.15, 0.2) is 0 Å². The van der Waals surface area contributed by atoms with Crippen LogP contribution in [0.3, 0.4) is 0 Å². The van der Waals surface area contributed by atoms with Gasteiger partial charge in [0, 0.05) is 35.3 Å². The highest BCUT2D eigenvalue weighted by Gasteiger charge is 2.09. The molecule has 0 aromatic rings. The molecule has 0 spiro atoms. The highest BCUT2D eigenvalue weighted by Crippen LogP contribution is 1.91. The van der Waals surface area contributed by atoms with E-state index in [0.29, 0.717) is 24.5 Å². The van der Waals surface area contributed by atoms with Crippen molar-refractivity contribution < 1.29 is 9.00 Å². The second kappa shape index (κ2) is 2.96. The summed E-state index contributed by atoms with van der Waals surface area (Å²) in [5, 5.41) is 2.64. The third-order valence-corrected chi connectivity index (χ3v) is 2.53. The monoisotopic (exact) mass is 147 g/mol. The van der Waals surface area contributed by atoms with E-state index in [4.69, 9.17) is 0 Å². The third-order valence-electron chi connectivity index (χ3n) is 1.21. The molecule has 52 valence electrons. The molecule has 1 saturated heterocycles. The van der Waals surface area contributed by atoms with E-state index in [1.807, 2.05) is 0 Å². The molecule has 0 saturated carbocycles. The molecule has 1 atom stereocenters. The number of carbonyl (C=O) groups is 1. The summed E-state index contributed by atoms with van der Waals surface area (Å²) in [6.45, 7) is 0.575. The van der Waals surface area contributed by atoms with Gasteiger partial charge in [0.05, 0.1) is 0 Å². The fourth-order valence-corrected chi connectivity index (χ4v) is 1.65. The van der Waals surface area contributed by atoms with Crippen molar-refractivity contribution in [1.29, 1.82) is 0 Å². The van der Waals surface area contributed by atoms with E-state index < -0.39 is 10.8 Å². The Morgan fingerprint density at radius 1 is 1.44 bits per heavy atom. The second-order valence-electron chi connectivity index (χ2n) is 1.95. The number of rotatable bonds is 0. The molecule has 1 rings (SSSR count). The average Bonchev–Trinajstić information content (AvgIpc) is 1.97. The van der Waals surface area contributed by atoms with E-state index in [1.165, 1.54) is 0 Å². The quantitative estimate of drug-likeness (QED) is 0.490. The lowest BCUT2D eigenvalue weighted by Gasteiger charge is -1.92. The Bertz CT molecular complexity index is 130. The lowest BCUT2D eigenvalue weighted by Crippen LogP contribution is -2.23. The minimum atomic E-state index is -0.762. The molecule has 3 nitrogen and oxygen atoms in total. The van der Waals surface area contributed by atoms with Crippen LogP contribution in [-0.2, 0) is 15.6 Å².